The molecule has 1 atom stereocenters. The molecular weight excluding hydrogens is 184 g/mol. The number of imidazole rings is 1. The van der Waals surface area contributed by atoms with Crippen molar-refractivity contribution in [3.05, 3.63) is 17.7 Å². The number of nitrogens with zero attached hydrogens (tertiary/aromatic N) is 2. The van der Waals surface area contributed by atoms with Crippen LogP contribution in [0.25, 0.3) is 0 Å². The smallest absolute Gasteiger partial charge is 0.303 e. The van der Waals surface area contributed by atoms with Crippen LogP contribution in [0.15, 0.2) is 6.20 Å². The predicted octanol–water partition coefficient (Wildman–Crippen LogP) is 0.491. The van der Waals surface area contributed by atoms with E-state index in [0.717, 1.165) is 0 Å². The lowest BCUT2D eigenvalue weighted by molar-refractivity contribution is -0.137. The first-order valence-electron chi connectivity index (χ1n) is 4.42. The van der Waals surface area contributed by atoms with Crippen LogP contribution in [0.3, 0.4) is 0 Å². The minimum Gasteiger partial charge on any atom is -0.481 e. The molecule has 14 heavy (non-hydrogen) atoms. The van der Waals surface area contributed by atoms with Crippen LogP contribution in [0.1, 0.15) is 31.0 Å². The molecule has 0 saturated heterocycles. The second-order valence-corrected chi connectivity index (χ2v) is 3.23. The van der Waals surface area contributed by atoms with Gasteiger partial charge in [-0.15, -0.1) is 0 Å². The molecule has 0 aliphatic carbocycles. The Bertz CT molecular complexity index is 331. The highest BCUT2D eigenvalue weighted by molar-refractivity contribution is 5.66. The molecule has 1 unspecified atom stereocenters. The summed E-state index contributed by atoms with van der Waals surface area (Å²) in [6, 6.07) is 0. The molecule has 1 aromatic rings. The normalized spacial score (nSPS) is 12.8. The molecule has 0 radical (unpaired) electrons. The SMILES string of the molecule is CC(O)c1cnc(CCC(=O)O)n1C. The third-order valence-corrected chi connectivity index (χ3v) is 2.11. The van der Waals surface area contributed by atoms with Crippen LogP contribution in [0, 0.1) is 0 Å². The van der Waals surface area contributed by atoms with Gasteiger partial charge in [-0.2, -0.15) is 0 Å². The van der Waals surface area contributed by atoms with Gasteiger partial charge in [0.05, 0.1) is 24.4 Å². The van der Waals surface area contributed by atoms with Crippen molar-refractivity contribution in [1.29, 1.82) is 0 Å². The summed E-state index contributed by atoms with van der Waals surface area (Å²) < 4.78 is 1.73. The topological polar surface area (TPSA) is 75.3 Å². The molecule has 1 heterocycles. The lowest BCUT2D eigenvalue weighted by Gasteiger charge is -2.06. The zero-order chi connectivity index (χ0) is 10.7. The van der Waals surface area contributed by atoms with E-state index in [1.807, 2.05) is 0 Å². The van der Waals surface area contributed by atoms with E-state index >= 15 is 0 Å². The number of aryl methyl sites for hydroxylation is 1. The first-order valence-corrected chi connectivity index (χ1v) is 4.42. The van der Waals surface area contributed by atoms with Gasteiger partial charge in [0.2, 0.25) is 0 Å². The molecule has 0 bridgehead atoms. The number of aliphatic carboxylic acids is 1. The monoisotopic (exact) mass is 198 g/mol. The molecule has 0 spiro atoms. The molecule has 1 aromatic heterocycles. The zero-order valence-electron chi connectivity index (χ0n) is 8.27. The van der Waals surface area contributed by atoms with Crippen molar-refractivity contribution in [2.75, 3.05) is 0 Å². The average molecular weight is 198 g/mol. The maximum atomic E-state index is 10.3. The van der Waals surface area contributed by atoms with Crippen LogP contribution in [0.5, 0.6) is 0 Å². The van der Waals surface area contributed by atoms with Gasteiger partial charge in [0, 0.05) is 13.5 Å². The Morgan fingerprint density at radius 2 is 2.36 bits per heavy atom. The third-order valence-electron chi connectivity index (χ3n) is 2.11. The standard InChI is InChI=1S/C9H14N2O3/c1-6(12)7-5-10-8(11(7)2)3-4-9(13)14/h5-6,12H,3-4H2,1-2H3,(H,13,14). The van der Waals surface area contributed by atoms with E-state index in [2.05, 4.69) is 4.98 Å². The second-order valence-electron chi connectivity index (χ2n) is 3.23. The summed E-state index contributed by atoms with van der Waals surface area (Å²) in [5, 5.41) is 17.8. The lowest BCUT2D eigenvalue weighted by Crippen LogP contribution is -2.06. The van der Waals surface area contributed by atoms with Crippen molar-refractivity contribution in [2.24, 2.45) is 7.05 Å². The van der Waals surface area contributed by atoms with Crippen molar-refractivity contribution < 1.29 is 15.0 Å². The maximum Gasteiger partial charge on any atom is 0.303 e. The zero-order valence-corrected chi connectivity index (χ0v) is 8.27. The summed E-state index contributed by atoms with van der Waals surface area (Å²) in [7, 11) is 1.77. The number of aliphatic hydroxyl groups excluding tert-OH is 1. The fraction of sp³-hybridized carbons (Fsp3) is 0.556. The summed E-state index contributed by atoms with van der Waals surface area (Å²) in [4.78, 5) is 14.4. The summed E-state index contributed by atoms with van der Waals surface area (Å²) in [6.45, 7) is 1.65. The maximum absolute atomic E-state index is 10.3. The Kier molecular flexibility index (Phi) is 3.24. The van der Waals surface area contributed by atoms with Gasteiger partial charge in [-0.1, -0.05) is 0 Å². The van der Waals surface area contributed by atoms with Gasteiger partial charge in [0.15, 0.2) is 0 Å². The Morgan fingerprint density at radius 1 is 1.71 bits per heavy atom. The first-order chi connectivity index (χ1) is 6.52. The summed E-state index contributed by atoms with van der Waals surface area (Å²) in [5.74, 6) is -0.158. The molecule has 5 nitrogen and oxygen atoms in total. The van der Waals surface area contributed by atoms with Crippen LogP contribution >= 0.6 is 0 Å². The molecule has 0 amide bonds. The fourth-order valence-corrected chi connectivity index (χ4v) is 1.30. The number of rotatable bonds is 4. The minimum atomic E-state index is -0.841. The minimum absolute atomic E-state index is 0.0596. The van der Waals surface area contributed by atoms with Gasteiger partial charge in [-0.3, -0.25) is 4.79 Å². The Hall–Kier alpha value is -1.36. The first kappa shape index (κ1) is 10.7. The number of aromatic nitrogens is 2. The largest absolute Gasteiger partial charge is 0.481 e. The van der Waals surface area contributed by atoms with E-state index in [1.165, 1.54) is 0 Å². The summed E-state index contributed by atoms with van der Waals surface area (Å²) in [5.41, 5.74) is 0.699. The molecule has 0 fully saturated rings. The highest BCUT2D eigenvalue weighted by Crippen LogP contribution is 2.13. The van der Waals surface area contributed by atoms with Crippen molar-refractivity contribution in [3.8, 4) is 0 Å². The van der Waals surface area contributed by atoms with E-state index < -0.39 is 12.1 Å². The van der Waals surface area contributed by atoms with Crippen molar-refractivity contribution >= 4 is 5.97 Å². The van der Waals surface area contributed by atoms with Crippen molar-refractivity contribution in [1.82, 2.24) is 9.55 Å². The third kappa shape index (κ3) is 2.32. The van der Waals surface area contributed by atoms with Crippen molar-refractivity contribution in [2.45, 2.75) is 25.9 Å². The van der Waals surface area contributed by atoms with E-state index in [4.69, 9.17) is 5.11 Å². The number of hydrogen-bond donors (Lipinski definition) is 2. The van der Waals surface area contributed by atoms with E-state index in [1.54, 1.807) is 24.7 Å². The van der Waals surface area contributed by atoms with Crippen LogP contribution in [-0.2, 0) is 18.3 Å². The second kappa shape index (κ2) is 4.23. The lowest BCUT2D eigenvalue weighted by atomic mass is 10.3. The predicted molar refractivity (Wildman–Crippen MR) is 49.8 cm³/mol. The Labute approximate surface area is 82.0 Å². The van der Waals surface area contributed by atoms with E-state index in [9.17, 15) is 9.90 Å². The molecule has 2 N–H and O–H groups in total. The molecule has 0 aliphatic heterocycles. The van der Waals surface area contributed by atoms with Crippen LogP contribution in [0.4, 0.5) is 0 Å². The number of carboxylic acid groups (broad SMARTS) is 1. The number of aliphatic hydroxyl groups is 1. The summed E-state index contributed by atoms with van der Waals surface area (Å²) in [6.07, 6.45) is 1.44. The molecule has 0 saturated carbocycles. The molecule has 1 rings (SSSR count). The van der Waals surface area contributed by atoms with Crippen molar-refractivity contribution in [3.63, 3.8) is 0 Å². The Balaban J connectivity index is 2.74. The molecule has 0 aromatic carbocycles. The Morgan fingerprint density at radius 3 is 2.79 bits per heavy atom. The summed E-state index contributed by atoms with van der Waals surface area (Å²) >= 11 is 0. The number of hydrogen-bond acceptors (Lipinski definition) is 3. The van der Waals surface area contributed by atoms with Gasteiger partial charge < -0.3 is 14.8 Å². The molecule has 0 aliphatic rings. The van der Waals surface area contributed by atoms with Crippen LogP contribution < -0.4 is 0 Å². The van der Waals surface area contributed by atoms with Crippen LogP contribution in [0.2, 0.25) is 0 Å². The quantitative estimate of drug-likeness (QED) is 0.738. The van der Waals surface area contributed by atoms with E-state index in [0.29, 0.717) is 17.9 Å². The fourth-order valence-electron chi connectivity index (χ4n) is 1.30. The van der Waals surface area contributed by atoms with Gasteiger partial charge >= 0.3 is 5.97 Å². The molecular formula is C9H14N2O3. The number of carbonyl (C=O) groups is 1. The highest BCUT2D eigenvalue weighted by atomic mass is 16.4. The van der Waals surface area contributed by atoms with Gasteiger partial charge in [-0.05, 0) is 6.92 Å². The average Bonchev–Trinajstić information content (AvgIpc) is 2.43. The highest BCUT2D eigenvalue weighted by Gasteiger charge is 2.11. The molecule has 5 heteroatoms. The molecule has 78 valence electrons. The van der Waals surface area contributed by atoms with E-state index in [-0.39, 0.29) is 6.42 Å². The number of carboxylic acids is 1. The van der Waals surface area contributed by atoms with Gasteiger partial charge in [-0.25, -0.2) is 4.98 Å². The van der Waals surface area contributed by atoms with Crippen LogP contribution in [-0.4, -0.2) is 25.7 Å². The van der Waals surface area contributed by atoms with Gasteiger partial charge in [0.25, 0.3) is 0 Å². The van der Waals surface area contributed by atoms with Gasteiger partial charge in [0.1, 0.15) is 5.82 Å².